The standard InChI is InChI=1S/C19H20N6O3S/c1-11(2)12-7-13(9-14(20)8-12)17-22-25-16(10-15(26)21-18(25)29-17)23-3-5-24(6-4-23)19(27)28/h7-10H,1,3-6,20H2,2H3,(H,27,28). The molecule has 9 nitrogen and oxygen atoms in total. The number of nitrogens with two attached hydrogens (primary N) is 1. The van der Waals surface area contributed by atoms with Crippen LogP contribution in [0.3, 0.4) is 0 Å². The molecule has 1 amide bonds. The SMILES string of the molecule is C=C(C)c1cc(N)cc(-c2nn3c(N4CCN(C(=O)O)CC4)cc(=O)nc3s2)c1. The van der Waals surface area contributed by atoms with Crippen molar-refractivity contribution in [1.29, 1.82) is 0 Å². The molecule has 0 radical (unpaired) electrons. The summed E-state index contributed by atoms with van der Waals surface area (Å²) in [5.41, 5.74) is 8.93. The second-order valence-corrected chi connectivity index (χ2v) is 7.89. The fraction of sp³-hybridized carbons (Fsp3) is 0.263. The molecule has 1 fully saturated rings. The van der Waals surface area contributed by atoms with E-state index in [1.807, 2.05) is 30.0 Å². The van der Waals surface area contributed by atoms with Crippen LogP contribution in [0.2, 0.25) is 0 Å². The first kappa shape index (κ1) is 18.9. The van der Waals surface area contributed by atoms with E-state index in [1.54, 1.807) is 4.52 Å². The fourth-order valence-corrected chi connectivity index (χ4v) is 4.18. The van der Waals surface area contributed by atoms with Gasteiger partial charge in [0, 0.05) is 43.5 Å². The van der Waals surface area contributed by atoms with E-state index in [2.05, 4.69) is 16.7 Å². The summed E-state index contributed by atoms with van der Waals surface area (Å²) in [7, 11) is 0. The normalized spacial score (nSPS) is 14.4. The molecule has 1 aromatic carbocycles. The largest absolute Gasteiger partial charge is 0.465 e. The number of fused-ring (bicyclic) bond motifs is 1. The lowest BCUT2D eigenvalue weighted by atomic mass is 10.0. The van der Waals surface area contributed by atoms with E-state index in [0.29, 0.717) is 47.7 Å². The second kappa shape index (κ2) is 7.21. The van der Waals surface area contributed by atoms with Gasteiger partial charge in [0.05, 0.1) is 0 Å². The van der Waals surface area contributed by atoms with Gasteiger partial charge in [0.2, 0.25) is 4.96 Å². The van der Waals surface area contributed by atoms with Crippen LogP contribution in [-0.4, -0.2) is 56.9 Å². The number of piperazine rings is 1. The first-order chi connectivity index (χ1) is 13.8. The zero-order chi connectivity index (χ0) is 20.7. The molecule has 2 aromatic heterocycles. The monoisotopic (exact) mass is 412 g/mol. The summed E-state index contributed by atoms with van der Waals surface area (Å²) >= 11 is 1.30. The van der Waals surface area contributed by atoms with E-state index in [9.17, 15) is 9.59 Å². The summed E-state index contributed by atoms with van der Waals surface area (Å²) < 4.78 is 1.64. The van der Waals surface area contributed by atoms with E-state index < -0.39 is 6.09 Å². The molecule has 150 valence electrons. The lowest BCUT2D eigenvalue weighted by Gasteiger charge is -2.34. The summed E-state index contributed by atoms with van der Waals surface area (Å²) in [4.78, 5) is 31.2. The smallest absolute Gasteiger partial charge is 0.407 e. The van der Waals surface area contributed by atoms with Crippen LogP contribution in [0.4, 0.5) is 16.3 Å². The molecule has 0 bridgehead atoms. The Bertz CT molecular complexity index is 1180. The predicted molar refractivity (Wildman–Crippen MR) is 114 cm³/mol. The van der Waals surface area contributed by atoms with Gasteiger partial charge in [-0.15, -0.1) is 0 Å². The summed E-state index contributed by atoms with van der Waals surface area (Å²) in [5, 5.41) is 14.5. The van der Waals surface area contributed by atoms with Gasteiger partial charge in [0.25, 0.3) is 5.56 Å². The maximum Gasteiger partial charge on any atom is 0.407 e. The highest BCUT2D eigenvalue weighted by atomic mass is 32.1. The van der Waals surface area contributed by atoms with Gasteiger partial charge < -0.3 is 20.6 Å². The Morgan fingerprint density at radius 3 is 2.59 bits per heavy atom. The van der Waals surface area contributed by atoms with Gasteiger partial charge in [0.1, 0.15) is 10.8 Å². The maximum absolute atomic E-state index is 12.2. The van der Waals surface area contributed by atoms with E-state index in [0.717, 1.165) is 16.7 Å². The number of carbonyl (C=O) groups is 1. The van der Waals surface area contributed by atoms with E-state index in [4.69, 9.17) is 10.8 Å². The highest BCUT2D eigenvalue weighted by molar-refractivity contribution is 7.19. The minimum absolute atomic E-state index is 0.355. The van der Waals surface area contributed by atoms with E-state index in [-0.39, 0.29) is 5.56 Å². The van der Waals surface area contributed by atoms with Crippen LogP contribution >= 0.6 is 11.3 Å². The van der Waals surface area contributed by atoms with Crippen molar-refractivity contribution in [3.8, 4) is 10.6 Å². The van der Waals surface area contributed by atoms with Crippen LogP contribution in [0.1, 0.15) is 12.5 Å². The number of aromatic nitrogens is 3. The van der Waals surface area contributed by atoms with Gasteiger partial charge in [-0.1, -0.05) is 23.5 Å². The van der Waals surface area contributed by atoms with Crippen LogP contribution in [0.5, 0.6) is 0 Å². The number of hydrogen-bond acceptors (Lipinski definition) is 7. The van der Waals surface area contributed by atoms with Crippen molar-refractivity contribution in [2.75, 3.05) is 36.8 Å². The molecule has 1 aliphatic heterocycles. The topological polar surface area (TPSA) is 117 Å². The number of anilines is 2. The third kappa shape index (κ3) is 3.66. The first-order valence-corrected chi connectivity index (χ1v) is 9.84. The van der Waals surface area contributed by atoms with Crippen molar-refractivity contribution < 1.29 is 9.90 Å². The summed E-state index contributed by atoms with van der Waals surface area (Å²) in [5.74, 6) is 0.608. The number of nitrogens with zero attached hydrogens (tertiary/aromatic N) is 5. The van der Waals surface area contributed by atoms with E-state index >= 15 is 0 Å². The molecule has 4 rings (SSSR count). The molecular weight excluding hydrogens is 392 g/mol. The Morgan fingerprint density at radius 1 is 1.21 bits per heavy atom. The molecule has 3 N–H and O–H groups in total. The van der Waals surface area contributed by atoms with Gasteiger partial charge in [-0.25, -0.2) is 4.79 Å². The first-order valence-electron chi connectivity index (χ1n) is 9.02. The molecule has 0 unspecified atom stereocenters. The molecule has 3 heterocycles. The Balaban J connectivity index is 1.76. The predicted octanol–water partition coefficient (Wildman–Crippen LogP) is 2.23. The van der Waals surface area contributed by atoms with Gasteiger partial charge in [-0.05, 0) is 30.7 Å². The Kier molecular flexibility index (Phi) is 4.71. The van der Waals surface area contributed by atoms with E-state index in [1.165, 1.54) is 22.3 Å². The van der Waals surface area contributed by atoms with Gasteiger partial charge in [0.15, 0.2) is 0 Å². The third-order valence-corrected chi connectivity index (χ3v) is 5.76. The number of nitrogen functional groups attached to an aromatic ring is 1. The molecule has 1 saturated heterocycles. The minimum atomic E-state index is -0.937. The number of hydrogen-bond donors (Lipinski definition) is 2. The highest BCUT2D eigenvalue weighted by Crippen LogP contribution is 2.30. The number of benzene rings is 1. The Morgan fingerprint density at radius 2 is 1.93 bits per heavy atom. The molecule has 0 saturated carbocycles. The lowest BCUT2D eigenvalue weighted by molar-refractivity contribution is 0.142. The van der Waals surface area contributed by atoms with Crippen LogP contribution in [0.15, 0.2) is 35.6 Å². The summed E-state index contributed by atoms with van der Waals surface area (Å²) in [6, 6.07) is 7.08. The van der Waals surface area contributed by atoms with Crippen molar-refractivity contribution in [3.63, 3.8) is 0 Å². The van der Waals surface area contributed by atoms with Crippen molar-refractivity contribution in [3.05, 3.63) is 46.8 Å². The molecule has 0 atom stereocenters. The average Bonchev–Trinajstić information content (AvgIpc) is 3.11. The lowest BCUT2D eigenvalue weighted by Crippen LogP contribution is -2.49. The second-order valence-electron chi connectivity index (χ2n) is 6.93. The summed E-state index contributed by atoms with van der Waals surface area (Å²) in [6.07, 6.45) is -0.937. The molecule has 0 spiro atoms. The van der Waals surface area contributed by atoms with Crippen molar-refractivity contribution in [2.45, 2.75) is 6.92 Å². The van der Waals surface area contributed by atoms with Crippen LogP contribution in [-0.2, 0) is 0 Å². The van der Waals surface area contributed by atoms with Gasteiger partial charge in [-0.3, -0.25) is 4.79 Å². The number of carboxylic acid groups (broad SMARTS) is 1. The minimum Gasteiger partial charge on any atom is -0.465 e. The highest BCUT2D eigenvalue weighted by Gasteiger charge is 2.23. The molecule has 29 heavy (non-hydrogen) atoms. The number of amides is 1. The number of allylic oxidation sites excluding steroid dienone is 1. The van der Waals surface area contributed by atoms with Crippen LogP contribution in [0, 0.1) is 0 Å². The van der Waals surface area contributed by atoms with Gasteiger partial charge in [-0.2, -0.15) is 14.6 Å². The van der Waals surface area contributed by atoms with Crippen molar-refractivity contribution in [1.82, 2.24) is 19.5 Å². The van der Waals surface area contributed by atoms with Crippen molar-refractivity contribution in [2.24, 2.45) is 0 Å². The van der Waals surface area contributed by atoms with Crippen LogP contribution in [0.25, 0.3) is 21.1 Å². The zero-order valence-electron chi connectivity index (χ0n) is 15.8. The number of rotatable bonds is 3. The van der Waals surface area contributed by atoms with Crippen molar-refractivity contribution >= 4 is 39.5 Å². The quantitative estimate of drug-likeness (QED) is 0.634. The molecular formula is C19H20N6O3S. The van der Waals surface area contributed by atoms with Crippen LogP contribution < -0.4 is 16.2 Å². The maximum atomic E-state index is 12.2. The Labute approximate surface area is 170 Å². The zero-order valence-corrected chi connectivity index (χ0v) is 16.6. The molecule has 1 aliphatic rings. The van der Waals surface area contributed by atoms with Gasteiger partial charge >= 0.3 is 6.09 Å². The molecule has 3 aromatic rings. The fourth-order valence-electron chi connectivity index (χ4n) is 3.29. The Hall–Kier alpha value is -3.40. The summed E-state index contributed by atoms with van der Waals surface area (Å²) in [6.45, 7) is 7.55. The molecule has 0 aliphatic carbocycles. The average molecular weight is 412 g/mol. The molecule has 10 heteroatoms. The third-order valence-electron chi connectivity index (χ3n) is 4.80.